The highest BCUT2D eigenvalue weighted by atomic mass is 16.8. The predicted octanol–water partition coefficient (Wildman–Crippen LogP) is 0.820. The molecule has 2 fully saturated rings. The molecule has 17 heavy (non-hydrogen) atoms. The molecule has 2 aliphatic heterocycles. The molecule has 0 saturated carbocycles. The largest absolute Gasteiger partial charge is 0.466 e. The highest BCUT2D eigenvalue weighted by molar-refractivity contribution is 5.70. The molecule has 0 spiro atoms. The second-order valence-corrected chi connectivity index (χ2v) is 5.14. The molecule has 0 radical (unpaired) electrons. The van der Waals surface area contributed by atoms with Gasteiger partial charge >= 0.3 is 5.97 Å². The van der Waals surface area contributed by atoms with Crippen LogP contribution in [0.15, 0.2) is 0 Å². The van der Waals surface area contributed by atoms with E-state index in [0.29, 0.717) is 13.0 Å². The summed E-state index contributed by atoms with van der Waals surface area (Å²) in [5, 5.41) is 3.33. The van der Waals surface area contributed by atoms with Crippen LogP contribution >= 0.6 is 0 Å². The number of ether oxygens (including phenoxy) is 3. The zero-order valence-corrected chi connectivity index (χ0v) is 10.9. The van der Waals surface area contributed by atoms with Gasteiger partial charge in [0.2, 0.25) is 0 Å². The second-order valence-electron chi connectivity index (χ2n) is 5.14. The molecular formula is C12H21NO4. The molecule has 0 bridgehead atoms. The van der Waals surface area contributed by atoms with Gasteiger partial charge in [-0.3, -0.25) is 4.79 Å². The van der Waals surface area contributed by atoms with Crippen LogP contribution in [0.4, 0.5) is 0 Å². The lowest BCUT2D eigenvalue weighted by Crippen LogP contribution is -2.39. The fourth-order valence-electron chi connectivity index (χ4n) is 2.62. The highest BCUT2D eigenvalue weighted by Crippen LogP contribution is 2.36. The van der Waals surface area contributed by atoms with Gasteiger partial charge in [-0.05, 0) is 27.7 Å². The molecule has 4 atom stereocenters. The van der Waals surface area contributed by atoms with Gasteiger partial charge < -0.3 is 19.5 Å². The predicted molar refractivity (Wildman–Crippen MR) is 61.5 cm³/mol. The lowest BCUT2D eigenvalue weighted by molar-refractivity contribution is -0.159. The van der Waals surface area contributed by atoms with E-state index >= 15 is 0 Å². The van der Waals surface area contributed by atoms with Gasteiger partial charge in [0.15, 0.2) is 5.79 Å². The Bertz CT molecular complexity index is 305. The normalized spacial score (nSPS) is 39.1. The van der Waals surface area contributed by atoms with Crippen LogP contribution in [0.3, 0.4) is 0 Å². The standard InChI is InChI=1S/C12H21NO4/c1-5-15-9(14)6-8-11-10(7(2)13-8)16-12(3,4)17-11/h7-8,10-11,13H,5-6H2,1-4H3/t7-,8+,10+,11-/m0/s1. The summed E-state index contributed by atoms with van der Waals surface area (Å²) in [7, 11) is 0. The van der Waals surface area contributed by atoms with Crippen molar-refractivity contribution >= 4 is 5.97 Å². The molecule has 5 nitrogen and oxygen atoms in total. The van der Waals surface area contributed by atoms with E-state index in [1.54, 1.807) is 0 Å². The zero-order valence-electron chi connectivity index (χ0n) is 10.9. The molecule has 2 saturated heterocycles. The number of hydrogen-bond donors (Lipinski definition) is 1. The van der Waals surface area contributed by atoms with Crippen molar-refractivity contribution in [1.29, 1.82) is 0 Å². The molecule has 0 amide bonds. The van der Waals surface area contributed by atoms with E-state index in [9.17, 15) is 4.79 Å². The summed E-state index contributed by atoms with van der Waals surface area (Å²) in [4.78, 5) is 11.5. The Morgan fingerprint density at radius 3 is 2.65 bits per heavy atom. The van der Waals surface area contributed by atoms with Crippen molar-refractivity contribution in [2.45, 2.75) is 64.2 Å². The van der Waals surface area contributed by atoms with Gasteiger partial charge in [0.25, 0.3) is 0 Å². The van der Waals surface area contributed by atoms with Gasteiger partial charge in [0.1, 0.15) is 12.2 Å². The Hall–Kier alpha value is -0.650. The van der Waals surface area contributed by atoms with Crippen molar-refractivity contribution in [2.75, 3.05) is 6.61 Å². The van der Waals surface area contributed by atoms with Crippen molar-refractivity contribution in [3.05, 3.63) is 0 Å². The maximum Gasteiger partial charge on any atom is 0.307 e. The molecule has 0 aromatic heterocycles. The summed E-state index contributed by atoms with van der Waals surface area (Å²) >= 11 is 0. The number of hydrogen-bond acceptors (Lipinski definition) is 5. The Kier molecular flexibility index (Phi) is 3.43. The first-order valence-electron chi connectivity index (χ1n) is 6.20. The van der Waals surface area contributed by atoms with Crippen LogP contribution in [0.5, 0.6) is 0 Å². The van der Waals surface area contributed by atoms with Gasteiger partial charge in [0, 0.05) is 12.1 Å². The first-order chi connectivity index (χ1) is 7.93. The van der Waals surface area contributed by atoms with Gasteiger partial charge in [-0.15, -0.1) is 0 Å². The maximum atomic E-state index is 11.5. The Labute approximate surface area is 102 Å². The van der Waals surface area contributed by atoms with Crippen LogP contribution in [0, 0.1) is 0 Å². The quantitative estimate of drug-likeness (QED) is 0.744. The minimum absolute atomic E-state index is 0.0178. The molecule has 98 valence electrons. The summed E-state index contributed by atoms with van der Waals surface area (Å²) in [5.74, 6) is -0.746. The third-order valence-electron chi connectivity index (χ3n) is 3.22. The summed E-state index contributed by atoms with van der Waals surface area (Å²) in [5.41, 5.74) is 0. The van der Waals surface area contributed by atoms with Crippen molar-refractivity contribution in [1.82, 2.24) is 5.32 Å². The van der Waals surface area contributed by atoms with Gasteiger partial charge in [-0.1, -0.05) is 0 Å². The molecule has 0 aromatic rings. The number of carbonyl (C=O) groups excluding carboxylic acids is 1. The van der Waals surface area contributed by atoms with E-state index in [0.717, 1.165) is 0 Å². The molecule has 5 heteroatoms. The molecule has 0 unspecified atom stereocenters. The van der Waals surface area contributed by atoms with Gasteiger partial charge in [0.05, 0.1) is 13.0 Å². The topological polar surface area (TPSA) is 56.8 Å². The van der Waals surface area contributed by atoms with E-state index in [1.165, 1.54) is 0 Å². The van der Waals surface area contributed by atoms with E-state index in [2.05, 4.69) is 5.32 Å². The third-order valence-corrected chi connectivity index (χ3v) is 3.22. The first kappa shape index (κ1) is 12.8. The Balaban J connectivity index is 1.99. The Morgan fingerprint density at radius 2 is 2.00 bits per heavy atom. The number of rotatable bonds is 3. The smallest absolute Gasteiger partial charge is 0.307 e. The van der Waals surface area contributed by atoms with E-state index in [1.807, 2.05) is 27.7 Å². The number of fused-ring (bicyclic) bond motifs is 1. The van der Waals surface area contributed by atoms with Crippen molar-refractivity contribution in [3.63, 3.8) is 0 Å². The zero-order chi connectivity index (χ0) is 12.6. The van der Waals surface area contributed by atoms with Crippen LogP contribution < -0.4 is 5.32 Å². The fraction of sp³-hybridized carbons (Fsp3) is 0.917. The molecule has 2 aliphatic rings. The third kappa shape index (κ3) is 2.61. The van der Waals surface area contributed by atoms with Crippen molar-refractivity contribution in [2.24, 2.45) is 0 Å². The highest BCUT2D eigenvalue weighted by Gasteiger charge is 2.52. The Morgan fingerprint density at radius 1 is 1.35 bits per heavy atom. The maximum absolute atomic E-state index is 11.5. The van der Waals surface area contributed by atoms with Crippen LogP contribution in [0.1, 0.15) is 34.1 Å². The number of esters is 1. The molecule has 2 rings (SSSR count). The van der Waals surface area contributed by atoms with E-state index in [4.69, 9.17) is 14.2 Å². The average molecular weight is 243 g/mol. The SMILES string of the molecule is CCOC(=O)C[C@H]1N[C@@H](C)[C@H]2OC(C)(C)O[C@H]21. The van der Waals surface area contributed by atoms with Crippen LogP contribution in [0.25, 0.3) is 0 Å². The molecule has 1 N–H and O–H groups in total. The van der Waals surface area contributed by atoms with Gasteiger partial charge in [-0.25, -0.2) is 0 Å². The second kappa shape index (κ2) is 4.55. The molecule has 2 heterocycles. The minimum Gasteiger partial charge on any atom is -0.466 e. The molecule has 0 aliphatic carbocycles. The number of carbonyl (C=O) groups is 1. The van der Waals surface area contributed by atoms with Crippen LogP contribution in [0.2, 0.25) is 0 Å². The van der Waals surface area contributed by atoms with Crippen molar-refractivity contribution in [3.8, 4) is 0 Å². The molecular weight excluding hydrogens is 222 g/mol. The summed E-state index contributed by atoms with van der Waals surface area (Å²) < 4.78 is 16.6. The van der Waals surface area contributed by atoms with E-state index < -0.39 is 5.79 Å². The fourth-order valence-corrected chi connectivity index (χ4v) is 2.62. The monoisotopic (exact) mass is 243 g/mol. The summed E-state index contributed by atoms with van der Waals surface area (Å²) in [6.45, 7) is 8.08. The van der Waals surface area contributed by atoms with Crippen LogP contribution in [-0.2, 0) is 19.0 Å². The minimum atomic E-state index is -0.557. The van der Waals surface area contributed by atoms with Gasteiger partial charge in [-0.2, -0.15) is 0 Å². The van der Waals surface area contributed by atoms with E-state index in [-0.39, 0.29) is 30.3 Å². The van der Waals surface area contributed by atoms with Crippen LogP contribution in [-0.4, -0.2) is 42.7 Å². The first-order valence-corrected chi connectivity index (χ1v) is 6.20. The lowest BCUT2D eigenvalue weighted by atomic mass is 10.1. The molecule has 0 aromatic carbocycles. The summed E-state index contributed by atoms with van der Waals surface area (Å²) in [6, 6.07) is 0.178. The summed E-state index contributed by atoms with van der Waals surface area (Å²) in [6.07, 6.45) is 0.285. The lowest BCUT2D eigenvalue weighted by Gasteiger charge is -2.23. The number of nitrogens with one attached hydrogen (secondary N) is 1. The average Bonchev–Trinajstić information content (AvgIpc) is 2.65. The van der Waals surface area contributed by atoms with Crippen molar-refractivity contribution < 1.29 is 19.0 Å².